The van der Waals surface area contributed by atoms with Gasteiger partial charge < -0.3 is 23.9 Å². The molecule has 6 rings (SSSR count). The molecule has 1 N–H and O–H groups in total. The largest absolute Gasteiger partial charge is 0.454 e. The van der Waals surface area contributed by atoms with Gasteiger partial charge in [0.2, 0.25) is 6.79 Å². The smallest absolute Gasteiger partial charge is 0.336 e. The zero-order valence-electron chi connectivity index (χ0n) is 18.3. The normalized spacial score (nSPS) is 17.0. The average Bonchev–Trinajstić information content (AvgIpc) is 3.32. The van der Waals surface area contributed by atoms with Crippen molar-refractivity contribution in [3.8, 4) is 11.5 Å². The van der Waals surface area contributed by atoms with Crippen molar-refractivity contribution in [1.82, 2.24) is 5.32 Å². The fourth-order valence-corrected chi connectivity index (χ4v) is 5.15. The van der Waals surface area contributed by atoms with Crippen LogP contribution in [-0.4, -0.2) is 26.6 Å². The summed E-state index contributed by atoms with van der Waals surface area (Å²) >= 11 is 0. The lowest BCUT2D eigenvalue weighted by Crippen LogP contribution is -2.42. The Labute approximate surface area is 191 Å². The minimum atomic E-state index is -0.328. The molecule has 6 nitrogen and oxygen atoms in total. The van der Waals surface area contributed by atoms with Gasteiger partial charge in [-0.05, 0) is 52.9 Å². The molecule has 0 radical (unpaired) electrons. The van der Waals surface area contributed by atoms with Crippen LogP contribution in [0.25, 0.3) is 21.7 Å². The maximum absolute atomic E-state index is 12.3. The Hall–Kier alpha value is -3.35. The van der Waals surface area contributed by atoms with Gasteiger partial charge in [0.15, 0.2) is 11.5 Å². The van der Waals surface area contributed by atoms with Crippen molar-refractivity contribution >= 4 is 21.7 Å². The third-order valence-electron chi connectivity index (χ3n) is 6.93. The van der Waals surface area contributed by atoms with Crippen molar-refractivity contribution in [3.63, 3.8) is 0 Å². The zero-order valence-corrected chi connectivity index (χ0v) is 18.3. The number of hydrogen-bond acceptors (Lipinski definition) is 6. The Morgan fingerprint density at radius 3 is 2.67 bits per heavy atom. The van der Waals surface area contributed by atoms with Crippen LogP contribution in [0.3, 0.4) is 0 Å². The molecule has 0 aliphatic carbocycles. The van der Waals surface area contributed by atoms with E-state index in [-0.39, 0.29) is 17.8 Å². The molecule has 1 saturated heterocycles. The van der Waals surface area contributed by atoms with Crippen LogP contribution in [0, 0.1) is 0 Å². The summed E-state index contributed by atoms with van der Waals surface area (Å²) in [4.78, 5) is 12.3. The van der Waals surface area contributed by atoms with Crippen LogP contribution in [0.4, 0.5) is 0 Å². The molecule has 6 heteroatoms. The van der Waals surface area contributed by atoms with Crippen LogP contribution < -0.4 is 20.4 Å². The van der Waals surface area contributed by atoms with Crippen LogP contribution in [0.2, 0.25) is 0 Å². The number of hydrogen-bond donors (Lipinski definition) is 1. The van der Waals surface area contributed by atoms with E-state index in [4.69, 9.17) is 18.6 Å². The lowest BCUT2D eigenvalue weighted by Gasteiger charge is -2.38. The molecule has 2 aliphatic heterocycles. The molecule has 4 aromatic rings. The third kappa shape index (κ3) is 3.65. The van der Waals surface area contributed by atoms with Crippen molar-refractivity contribution < 1.29 is 18.6 Å². The molecule has 1 aromatic heterocycles. The minimum absolute atomic E-state index is 0.0729. The van der Waals surface area contributed by atoms with E-state index >= 15 is 0 Å². The maximum Gasteiger partial charge on any atom is 0.336 e. The summed E-state index contributed by atoms with van der Waals surface area (Å²) in [6.07, 6.45) is 1.83. The molecule has 3 aromatic carbocycles. The Morgan fingerprint density at radius 2 is 1.76 bits per heavy atom. The van der Waals surface area contributed by atoms with Crippen LogP contribution in [0.15, 0.2) is 69.9 Å². The Kier molecular flexibility index (Phi) is 5.04. The van der Waals surface area contributed by atoms with E-state index in [1.165, 1.54) is 5.56 Å². The fraction of sp³-hybridized carbons (Fsp3) is 0.296. The summed E-state index contributed by atoms with van der Waals surface area (Å²) in [5.74, 6) is 1.60. The first-order chi connectivity index (χ1) is 16.2. The number of nitrogens with one attached hydrogen (secondary N) is 1. The average molecular weight is 443 g/mol. The van der Waals surface area contributed by atoms with E-state index < -0.39 is 0 Å². The topological polar surface area (TPSA) is 69.9 Å². The molecular formula is C27H25NO5. The van der Waals surface area contributed by atoms with E-state index in [0.717, 1.165) is 65.8 Å². The van der Waals surface area contributed by atoms with E-state index in [1.54, 1.807) is 6.07 Å². The second-order valence-electron chi connectivity index (χ2n) is 8.81. The quantitative estimate of drug-likeness (QED) is 0.362. The van der Waals surface area contributed by atoms with Gasteiger partial charge in [-0.15, -0.1) is 0 Å². The predicted molar refractivity (Wildman–Crippen MR) is 126 cm³/mol. The third-order valence-corrected chi connectivity index (χ3v) is 6.93. The number of fused-ring (bicyclic) bond motifs is 4. The fourth-order valence-electron chi connectivity index (χ4n) is 5.15. The molecule has 0 amide bonds. The number of rotatable bonds is 5. The molecule has 0 unspecified atom stereocenters. The molecule has 0 atom stereocenters. The summed E-state index contributed by atoms with van der Waals surface area (Å²) in [6, 6.07) is 19.9. The maximum atomic E-state index is 12.3. The van der Waals surface area contributed by atoms with Gasteiger partial charge in [0.25, 0.3) is 0 Å². The van der Waals surface area contributed by atoms with E-state index in [2.05, 4.69) is 29.6 Å². The molecule has 0 saturated carbocycles. The lowest BCUT2D eigenvalue weighted by atomic mass is 9.74. The highest BCUT2D eigenvalue weighted by Crippen LogP contribution is 2.40. The number of benzene rings is 3. The summed E-state index contributed by atoms with van der Waals surface area (Å²) in [7, 11) is 0. The van der Waals surface area contributed by atoms with Gasteiger partial charge in [-0.2, -0.15) is 0 Å². The van der Waals surface area contributed by atoms with Gasteiger partial charge in [-0.25, -0.2) is 4.79 Å². The van der Waals surface area contributed by atoms with Crippen molar-refractivity contribution in [1.29, 1.82) is 0 Å². The van der Waals surface area contributed by atoms with Crippen LogP contribution in [-0.2, 0) is 16.7 Å². The second-order valence-corrected chi connectivity index (χ2v) is 8.81. The number of ether oxygens (including phenoxy) is 3. The molecular weight excluding hydrogens is 418 g/mol. The highest BCUT2D eigenvalue weighted by Gasteiger charge is 2.35. The van der Waals surface area contributed by atoms with Crippen molar-refractivity contribution in [3.05, 3.63) is 82.2 Å². The first kappa shape index (κ1) is 20.3. The molecule has 3 heterocycles. The molecule has 0 spiro atoms. The highest BCUT2D eigenvalue weighted by molar-refractivity contribution is 6.07. The highest BCUT2D eigenvalue weighted by atomic mass is 16.7. The van der Waals surface area contributed by atoms with E-state index in [9.17, 15) is 4.79 Å². The zero-order chi connectivity index (χ0) is 22.3. The van der Waals surface area contributed by atoms with Crippen molar-refractivity contribution in [2.75, 3.05) is 26.6 Å². The van der Waals surface area contributed by atoms with Gasteiger partial charge in [0.05, 0.1) is 0 Å². The summed E-state index contributed by atoms with van der Waals surface area (Å²) < 4.78 is 22.3. The van der Waals surface area contributed by atoms with Crippen molar-refractivity contribution in [2.24, 2.45) is 0 Å². The van der Waals surface area contributed by atoms with Crippen molar-refractivity contribution in [2.45, 2.75) is 24.8 Å². The molecule has 33 heavy (non-hydrogen) atoms. The lowest BCUT2D eigenvalue weighted by molar-refractivity contribution is 0.0497. The predicted octanol–water partition coefficient (Wildman–Crippen LogP) is 4.51. The second kappa shape index (κ2) is 8.21. The summed E-state index contributed by atoms with van der Waals surface area (Å²) in [5.41, 5.74) is 2.40. The Bertz CT molecular complexity index is 1390. The van der Waals surface area contributed by atoms with Crippen LogP contribution in [0.5, 0.6) is 11.5 Å². The Morgan fingerprint density at radius 1 is 0.909 bits per heavy atom. The van der Waals surface area contributed by atoms with Gasteiger partial charge in [-0.1, -0.05) is 36.4 Å². The van der Waals surface area contributed by atoms with Gasteiger partial charge in [0.1, 0.15) is 5.58 Å². The summed E-state index contributed by atoms with van der Waals surface area (Å²) in [5, 5.41) is 6.86. The van der Waals surface area contributed by atoms with Gasteiger partial charge >= 0.3 is 5.63 Å². The van der Waals surface area contributed by atoms with Gasteiger partial charge in [0, 0.05) is 43.2 Å². The molecule has 2 aliphatic rings. The molecule has 0 bridgehead atoms. The Balaban J connectivity index is 1.32. The first-order valence-corrected chi connectivity index (χ1v) is 11.4. The van der Waals surface area contributed by atoms with E-state index in [1.807, 2.05) is 30.3 Å². The molecule has 168 valence electrons. The van der Waals surface area contributed by atoms with Crippen LogP contribution in [0.1, 0.15) is 24.0 Å². The summed E-state index contributed by atoms with van der Waals surface area (Å²) in [6.45, 7) is 3.05. The monoisotopic (exact) mass is 443 g/mol. The standard InChI is InChI=1S/C27H25NO5/c29-25-13-19(26-21-4-2-1-3-18(21)5-7-23(26)33-25)15-28-16-27(9-11-30-12-10-27)20-6-8-22-24(14-20)32-17-31-22/h1-8,13-14,28H,9-12,15-17H2. The minimum Gasteiger partial charge on any atom is -0.454 e. The SMILES string of the molecule is O=c1cc(CNCC2(c3ccc4c(c3)OCO4)CCOCC2)c2c(ccc3ccccc32)o1. The first-order valence-electron chi connectivity index (χ1n) is 11.4. The van der Waals surface area contributed by atoms with Gasteiger partial charge in [-0.3, -0.25) is 0 Å². The molecule has 1 fully saturated rings. The van der Waals surface area contributed by atoms with Crippen LogP contribution >= 0.6 is 0 Å². The van der Waals surface area contributed by atoms with E-state index in [0.29, 0.717) is 12.1 Å².